The van der Waals surface area contributed by atoms with E-state index in [0.717, 1.165) is 12.0 Å². The van der Waals surface area contributed by atoms with Gasteiger partial charge in [0.1, 0.15) is 0 Å². The number of halogens is 1. The smallest absolute Gasteiger partial charge is 0.248 e. The molecule has 1 aromatic carbocycles. The summed E-state index contributed by atoms with van der Waals surface area (Å²) < 4.78 is 24.2. The molecule has 2 saturated heterocycles. The van der Waals surface area contributed by atoms with Crippen molar-refractivity contribution in [3.63, 3.8) is 0 Å². The maximum atomic E-state index is 12.5. The molecule has 1 amide bonds. The molecule has 0 aromatic heterocycles. The number of thioether (sulfide) groups is 1. The zero-order valence-electron chi connectivity index (χ0n) is 15.7. The lowest BCUT2D eigenvalue weighted by molar-refractivity contribution is -0.118. The van der Waals surface area contributed by atoms with E-state index in [1.165, 1.54) is 37.4 Å². The van der Waals surface area contributed by atoms with Crippen molar-refractivity contribution in [2.24, 2.45) is 10.9 Å². The van der Waals surface area contributed by atoms with Crippen molar-refractivity contribution >= 4 is 44.3 Å². The summed E-state index contributed by atoms with van der Waals surface area (Å²) in [5, 5.41) is 1.24. The number of carbonyl (C=O) groups is 1. The van der Waals surface area contributed by atoms with Crippen LogP contribution in [-0.4, -0.2) is 47.2 Å². The van der Waals surface area contributed by atoms with E-state index in [-0.39, 0.29) is 28.7 Å². The van der Waals surface area contributed by atoms with Gasteiger partial charge in [-0.05, 0) is 24.0 Å². The second-order valence-corrected chi connectivity index (χ2v) is 11.8. The predicted molar refractivity (Wildman–Crippen MR) is 114 cm³/mol. The van der Waals surface area contributed by atoms with Gasteiger partial charge in [0.2, 0.25) is 5.91 Å². The molecule has 0 N–H and O–H groups in total. The SMILES string of the molecule is O=C(CCC1CCCC1)N=C1S[C@H]2CS(=O)(=O)C[C@@H]2N1Cc1ccccc1Cl. The normalized spacial score (nSPS) is 28.2. The molecule has 1 aliphatic carbocycles. The van der Waals surface area contributed by atoms with Crippen LogP contribution in [0.2, 0.25) is 5.02 Å². The number of nitrogens with zero attached hydrogens (tertiary/aromatic N) is 2. The largest absolute Gasteiger partial charge is 0.342 e. The van der Waals surface area contributed by atoms with Gasteiger partial charge in [-0.3, -0.25) is 4.79 Å². The minimum atomic E-state index is -3.05. The van der Waals surface area contributed by atoms with E-state index in [9.17, 15) is 13.2 Å². The molecule has 1 aromatic rings. The zero-order chi connectivity index (χ0) is 19.7. The lowest BCUT2D eigenvalue weighted by Crippen LogP contribution is -2.37. The topological polar surface area (TPSA) is 66.8 Å². The first-order valence-corrected chi connectivity index (χ1v) is 13.0. The average molecular weight is 441 g/mol. The summed E-state index contributed by atoms with van der Waals surface area (Å²) in [6.45, 7) is 0.470. The number of benzene rings is 1. The summed E-state index contributed by atoms with van der Waals surface area (Å²) in [5.41, 5.74) is 0.917. The van der Waals surface area contributed by atoms with Gasteiger partial charge in [0.15, 0.2) is 15.0 Å². The number of aliphatic imine (C=N–C) groups is 1. The molecule has 2 aliphatic heterocycles. The number of hydrogen-bond donors (Lipinski definition) is 0. The molecule has 0 radical (unpaired) electrons. The van der Waals surface area contributed by atoms with Crippen LogP contribution in [0.1, 0.15) is 44.1 Å². The summed E-state index contributed by atoms with van der Waals surface area (Å²) in [6.07, 6.45) is 6.37. The number of carbonyl (C=O) groups excluding carboxylic acids is 1. The Kier molecular flexibility index (Phi) is 6.04. The molecule has 0 bridgehead atoms. The predicted octanol–water partition coefficient (Wildman–Crippen LogP) is 3.91. The van der Waals surface area contributed by atoms with Crippen LogP contribution in [0.5, 0.6) is 0 Å². The third kappa shape index (κ3) is 4.57. The van der Waals surface area contributed by atoms with Crippen LogP contribution in [0.15, 0.2) is 29.3 Å². The van der Waals surface area contributed by atoms with E-state index in [0.29, 0.717) is 29.1 Å². The van der Waals surface area contributed by atoms with Gasteiger partial charge in [-0.15, -0.1) is 0 Å². The molecule has 152 valence electrons. The standard InChI is InChI=1S/C20H25ClN2O3S2/c21-16-8-4-3-7-15(16)11-23-17-12-28(25,26)13-18(17)27-20(23)22-19(24)10-9-14-5-1-2-6-14/h3-4,7-8,14,17-18H,1-2,5-6,9-13H2/t17-,18-/m0/s1. The fraction of sp³-hybridized carbons (Fsp3) is 0.600. The van der Waals surface area contributed by atoms with Crippen LogP contribution in [0, 0.1) is 5.92 Å². The lowest BCUT2D eigenvalue weighted by Gasteiger charge is -2.25. The Hall–Kier alpha value is -1.05. The van der Waals surface area contributed by atoms with Gasteiger partial charge < -0.3 is 4.90 Å². The van der Waals surface area contributed by atoms with Crippen molar-refractivity contribution in [2.75, 3.05) is 11.5 Å². The average Bonchev–Trinajstić information content (AvgIpc) is 3.32. The lowest BCUT2D eigenvalue weighted by atomic mass is 10.0. The maximum absolute atomic E-state index is 12.5. The Bertz CT molecular complexity index is 881. The minimum Gasteiger partial charge on any atom is -0.342 e. The van der Waals surface area contributed by atoms with E-state index in [1.54, 1.807) is 0 Å². The number of rotatable bonds is 5. The van der Waals surface area contributed by atoms with Crippen molar-refractivity contribution in [3.05, 3.63) is 34.9 Å². The number of amidine groups is 1. The van der Waals surface area contributed by atoms with Gasteiger partial charge >= 0.3 is 0 Å². The molecular formula is C20H25ClN2O3S2. The Morgan fingerprint density at radius 3 is 2.71 bits per heavy atom. The Morgan fingerprint density at radius 2 is 1.96 bits per heavy atom. The molecule has 2 heterocycles. The van der Waals surface area contributed by atoms with Gasteiger partial charge in [-0.25, -0.2) is 8.42 Å². The summed E-state index contributed by atoms with van der Waals surface area (Å²) in [5.74, 6) is 0.826. The molecule has 3 aliphatic rings. The highest BCUT2D eigenvalue weighted by atomic mass is 35.5. The van der Waals surface area contributed by atoms with Gasteiger partial charge in [-0.1, -0.05) is 67.2 Å². The van der Waals surface area contributed by atoms with Crippen LogP contribution < -0.4 is 0 Å². The van der Waals surface area contributed by atoms with Crippen molar-refractivity contribution in [1.82, 2.24) is 4.90 Å². The molecule has 5 nitrogen and oxygen atoms in total. The highest BCUT2D eigenvalue weighted by Crippen LogP contribution is 2.39. The first-order chi connectivity index (χ1) is 13.4. The molecule has 2 atom stereocenters. The van der Waals surface area contributed by atoms with Crippen LogP contribution in [0.3, 0.4) is 0 Å². The van der Waals surface area contributed by atoms with Crippen LogP contribution in [0.4, 0.5) is 0 Å². The Labute approximate surface area is 175 Å². The van der Waals surface area contributed by atoms with Crippen LogP contribution >= 0.6 is 23.4 Å². The van der Waals surface area contributed by atoms with Gasteiger partial charge in [0, 0.05) is 23.2 Å². The van der Waals surface area contributed by atoms with Crippen molar-refractivity contribution in [1.29, 1.82) is 0 Å². The van der Waals surface area contributed by atoms with E-state index in [2.05, 4.69) is 4.99 Å². The fourth-order valence-electron chi connectivity index (χ4n) is 4.42. The Morgan fingerprint density at radius 1 is 1.21 bits per heavy atom. The number of fused-ring (bicyclic) bond motifs is 1. The minimum absolute atomic E-state index is 0.0612. The molecule has 0 spiro atoms. The zero-order valence-corrected chi connectivity index (χ0v) is 18.1. The maximum Gasteiger partial charge on any atom is 0.248 e. The fourth-order valence-corrected chi connectivity index (χ4v) is 8.58. The van der Waals surface area contributed by atoms with Gasteiger partial charge in [-0.2, -0.15) is 4.99 Å². The second-order valence-electron chi connectivity index (χ2n) is 8.00. The molecule has 8 heteroatoms. The summed E-state index contributed by atoms with van der Waals surface area (Å²) >= 11 is 7.75. The number of hydrogen-bond acceptors (Lipinski definition) is 4. The number of sulfone groups is 1. The highest BCUT2D eigenvalue weighted by molar-refractivity contribution is 8.15. The third-order valence-electron chi connectivity index (χ3n) is 5.93. The van der Waals surface area contributed by atoms with E-state index >= 15 is 0 Å². The monoisotopic (exact) mass is 440 g/mol. The molecule has 0 unspecified atom stereocenters. The van der Waals surface area contributed by atoms with E-state index in [1.807, 2.05) is 29.2 Å². The second kappa shape index (κ2) is 8.36. The summed E-state index contributed by atoms with van der Waals surface area (Å²) in [7, 11) is -3.05. The van der Waals surface area contributed by atoms with Crippen molar-refractivity contribution in [3.8, 4) is 0 Å². The Balaban J connectivity index is 1.51. The summed E-state index contributed by atoms with van der Waals surface area (Å²) in [6, 6.07) is 7.40. The third-order valence-corrected chi connectivity index (χ3v) is 9.55. The molecular weight excluding hydrogens is 416 g/mol. The van der Waals surface area contributed by atoms with E-state index < -0.39 is 9.84 Å². The van der Waals surface area contributed by atoms with E-state index in [4.69, 9.17) is 11.6 Å². The van der Waals surface area contributed by atoms with Gasteiger partial charge in [0.05, 0.1) is 17.5 Å². The first-order valence-electron chi connectivity index (χ1n) is 9.90. The van der Waals surface area contributed by atoms with Crippen LogP contribution in [0.25, 0.3) is 0 Å². The van der Waals surface area contributed by atoms with Crippen molar-refractivity contribution < 1.29 is 13.2 Å². The first kappa shape index (κ1) is 20.2. The molecule has 4 rings (SSSR count). The molecule has 1 saturated carbocycles. The highest BCUT2D eigenvalue weighted by Gasteiger charge is 2.48. The van der Waals surface area contributed by atoms with Crippen LogP contribution in [-0.2, 0) is 21.2 Å². The van der Waals surface area contributed by atoms with Crippen molar-refractivity contribution in [2.45, 2.75) is 56.4 Å². The summed E-state index contributed by atoms with van der Waals surface area (Å²) in [4.78, 5) is 18.9. The number of amides is 1. The van der Waals surface area contributed by atoms with Gasteiger partial charge in [0.25, 0.3) is 0 Å². The molecule has 3 fully saturated rings. The quantitative estimate of drug-likeness (QED) is 0.694. The molecule has 28 heavy (non-hydrogen) atoms.